The number of primary amides is 1. The zero-order chi connectivity index (χ0) is 11.0. The van der Waals surface area contributed by atoms with Crippen molar-refractivity contribution in [2.45, 2.75) is 12.5 Å². The molecule has 0 aliphatic carbocycles. The molecule has 0 aromatic heterocycles. The number of hydrogen-bond acceptors (Lipinski definition) is 3. The summed E-state index contributed by atoms with van der Waals surface area (Å²) in [5.41, 5.74) is 11.4. The van der Waals surface area contributed by atoms with Crippen molar-refractivity contribution in [1.29, 1.82) is 0 Å². The average molecular weight is 209 g/mol. The van der Waals surface area contributed by atoms with Gasteiger partial charge in [0.15, 0.2) is 0 Å². The summed E-state index contributed by atoms with van der Waals surface area (Å²) < 4.78 is 13.2. The molecule has 1 atom stereocenters. The van der Waals surface area contributed by atoms with Gasteiger partial charge in [0, 0.05) is 6.54 Å². The fourth-order valence-electron chi connectivity index (χ4n) is 1.75. The van der Waals surface area contributed by atoms with Gasteiger partial charge in [0.25, 0.3) is 0 Å². The molecular formula is C10H12FN3O. The number of benzene rings is 1. The maximum absolute atomic E-state index is 13.2. The first-order chi connectivity index (χ1) is 7.11. The second-order valence-electron chi connectivity index (χ2n) is 3.57. The SMILES string of the molecule is NC(=O)C1CCN1c1cccc(F)c1N. The van der Waals surface area contributed by atoms with Crippen molar-refractivity contribution in [3.8, 4) is 0 Å². The number of para-hydroxylation sites is 1. The molecule has 1 saturated heterocycles. The van der Waals surface area contributed by atoms with E-state index < -0.39 is 11.7 Å². The highest BCUT2D eigenvalue weighted by atomic mass is 19.1. The van der Waals surface area contributed by atoms with Crippen LogP contribution in [0.2, 0.25) is 0 Å². The highest BCUT2D eigenvalue weighted by Crippen LogP contribution is 2.32. The molecule has 1 aromatic rings. The number of anilines is 2. The molecule has 1 aliphatic rings. The lowest BCUT2D eigenvalue weighted by Crippen LogP contribution is -2.55. The van der Waals surface area contributed by atoms with E-state index >= 15 is 0 Å². The third-order valence-electron chi connectivity index (χ3n) is 2.69. The number of carbonyl (C=O) groups excluding carboxylic acids is 1. The van der Waals surface area contributed by atoms with Gasteiger partial charge in [0.05, 0.1) is 11.4 Å². The summed E-state index contributed by atoms with van der Waals surface area (Å²) in [7, 11) is 0. The third kappa shape index (κ3) is 1.49. The van der Waals surface area contributed by atoms with Crippen LogP contribution in [-0.2, 0) is 4.79 Å². The molecule has 1 fully saturated rings. The lowest BCUT2D eigenvalue weighted by atomic mass is 10.0. The van der Waals surface area contributed by atoms with Crippen molar-refractivity contribution < 1.29 is 9.18 Å². The van der Waals surface area contributed by atoms with E-state index in [1.807, 2.05) is 0 Å². The molecule has 2 rings (SSSR count). The third-order valence-corrected chi connectivity index (χ3v) is 2.69. The molecule has 0 saturated carbocycles. The largest absolute Gasteiger partial charge is 0.395 e. The minimum absolute atomic E-state index is 0.0726. The van der Waals surface area contributed by atoms with Crippen LogP contribution in [0.4, 0.5) is 15.8 Å². The number of nitrogens with zero attached hydrogens (tertiary/aromatic N) is 1. The van der Waals surface area contributed by atoms with Gasteiger partial charge in [-0.1, -0.05) is 6.07 Å². The molecular weight excluding hydrogens is 197 g/mol. The van der Waals surface area contributed by atoms with E-state index in [9.17, 15) is 9.18 Å². The fourth-order valence-corrected chi connectivity index (χ4v) is 1.75. The van der Waals surface area contributed by atoms with Gasteiger partial charge in [-0.2, -0.15) is 0 Å². The monoisotopic (exact) mass is 209 g/mol. The summed E-state index contributed by atoms with van der Waals surface area (Å²) in [5.74, 6) is -0.868. The smallest absolute Gasteiger partial charge is 0.240 e. The molecule has 0 spiro atoms. The van der Waals surface area contributed by atoms with Crippen molar-refractivity contribution >= 4 is 17.3 Å². The van der Waals surface area contributed by atoms with Gasteiger partial charge in [-0.05, 0) is 18.6 Å². The summed E-state index contributed by atoms with van der Waals surface area (Å²) in [6.07, 6.45) is 0.700. The molecule has 1 aliphatic heterocycles. The lowest BCUT2D eigenvalue weighted by Gasteiger charge is -2.41. The van der Waals surface area contributed by atoms with E-state index in [1.165, 1.54) is 6.07 Å². The molecule has 5 heteroatoms. The van der Waals surface area contributed by atoms with Crippen molar-refractivity contribution in [1.82, 2.24) is 0 Å². The van der Waals surface area contributed by atoms with Crippen LogP contribution in [0.1, 0.15) is 6.42 Å². The van der Waals surface area contributed by atoms with Gasteiger partial charge in [0.2, 0.25) is 5.91 Å². The van der Waals surface area contributed by atoms with E-state index in [-0.39, 0.29) is 11.7 Å². The van der Waals surface area contributed by atoms with Crippen LogP contribution in [0, 0.1) is 5.82 Å². The number of carbonyl (C=O) groups is 1. The van der Waals surface area contributed by atoms with Gasteiger partial charge >= 0.3 is 0 Å². The number of amides is 1. The molecule has 1 heterocycles. The van der Waals surface area contributed by atoms with E-state index in [0.717, 1.165) is 0 Å². The molecule has 0 bridgehead atoms. The Morgan fingerprint density at radius 2 is 2.27 bits per heavy atom. The topological polar surface area (TPSA) is 72.4 Å². The predicted molar refractivity (Wildman–Crippen MR) is 55.8 cm³/mol. The van der Waals surface area contributed by atoms with Crippen molar-refractivity contribution in [3.05, 3.63) is 24.0 Å². The minimum atomic E-state index is -0.470. The van der Waals surface area contributed by atoms with Gasteiger partial charge in [-0.3, -0.25) is 4.79 Å². The van der Waals surface area contributed by atoms with Crippen LogP contribution in [0.5, 0.6) is 0 Å². The standard InChI is InChI=1S/C10H12FN3O/c11-6-2-1-3-7(9(6)12)14-5-4-8(14)10(13)15/h1-3,8H,4-5,12H2,(H2,13,15). The summed E-state index contributed by atoms with van der Waals surface area (Å²) >= 11 is 0. The molecule has 1 amide bonds. The van der Waals surface area contributed by atoms with Crippen LogP contribution < -0.4 is 16.4 Å². The Balaban J connectivity index is 2.31. The number of hydrogen-bond donors (Lipinski definition) is 2. The van der Waals surface area contributed by atoms with Crippen LogP contribution in [0.25, 0.3) is 0 Å². The van der Waals surface area contributed by atoms with E-state index in [0.29, 0.717) is 18.7 Å². The molecule has 1 aromatic carbocycles. The van der Waals surface area contributed by atoms with E-state index in [2.05, 4.69) is 0 Å². The van der Waals surface area contributed by atoms with Crippen molar-refractivity contribution in [3.63, 3.8) is 0 Å². The quantitative estimate of drug-likeness (QED) is 0.695. The zero-order valence-corrected chi connectivity index (χ0v) is 8.11. The van der Waals surface area contributed by atoms with E-state index in [1.54, 1.807) is 17.0 Å². The number of rotatable bonds is 2. The van der Waals surface area contributed by atoms with Crippen LogP contribution in [-0.4, -0.2) is 18.5 Å². The Morgan fingerprint density at radius 1 is 1.53 bits per heavy atom. The molecule has 1 unspecified atom stereocenters. The molecule has 15 heavy (non-hydrogen) atoms. The molecule has 80 valence electrons. The first-order valence-electron chi connectivity index (χ1n) is 4.71. The first kappa shape index (κ1) is 9.76. The highest BCUT2D eigenvalue weighted by molar-refractivity contribution is 5.87. The van der Waals surface area contributed by atoms with E-state index in [4.69, 9.17) is 11.5 Å². The van der Waals surface area contributed by atoms with Gasteiger partial charge in [-0.25, -0.2) is 4.39 Å². The first-order valence-corrected chi connectivity index (χ1v) is 4.71. The average Bonchev–Trinajstić information content (AvgIpc) is 2.10. The number of halogens is 1. The van der Waals surface area contributed by atoms with Gasteiger partial charge < -0.3 is 16.4 Å². The highest BCUT2D eigenvalue weighted by Gasteiger charge is 2.33. The maximum Gasteiger partial charge on any atom is 0.240 e. The maximum atomic E-state index is 13.2. The second kappa shape index (κ2) is 3.42. The van der Waals surface area contributed by atoms with Gasteiger partial charge in [-0.15, -0.1) is 0 Å². The fraction of sp³-hybridized carbons (Fsp3) is 0.300. The summed E-state index contributed by atoms with van der Waals surface area (Å²) in [5, 5.41) is 0. The second-order valence-corrected chi connectivity index (χ2v) is 3.57. The van der Waals surface area contributed by atoms with Crippen LogP contribution in [0.3, 0.4) is 0 Å². The van der Waals surface area contributed by atoms with Crippen LogP contribution >= 0.6 is 0 Å². The summed E-state index contributed by atoms with van der Waals surface area (Å²) in [6, 6.07) is 4.19. The Morgan fingerprint density at radius 3 is 2.80 bits per heavy atom. The zero-order valence-electron chi connectivity index (χ0n) is 8.11. The summed E-state index contributed by atoms with van der Waals surface area (Å²) in [6.45, 7) is 0.682. The molecule has 4 N–H and O–H groups in total. The van der Waals surface area contributed by atoms with Crippen molar-refractivity contribution in [2.75, 3.05) is 17.2 Å². The Kier molecular flexibility index (Phi) is 2.22. The minimum Gasteiger partial charge on any atom is -0.395 e. The Hall–Kier alpha value is -1.78. The normalized spacial score (nSPS) is 19.8. The van der Waals surface area contributed by atoms with Crippen LogP contribution in [0.15, 0.2) is 18.2 Å². The van der Waals surface area contributed by atoms with Gasteiger partial charge in [0.1, 0.15) is 11.9 Å². The van der Waals surface area contributed by atoms with Crippen molar-refractivity contribution in [2.24, 2.45) is 5.73 Å². The predicted octanol–water partition coefficient (Wildman–Crippen LogP) is 0.472. The number of nitrogens with two attached hydrogens (primary N) is 2. The number of nitrogen functional groups attached to an aromatic ring is 1. The molecule has 4 nitrogen and oxygen atoms in total. The Bertz CT molecular complexity index is 408. The molecule has 0 radical (unpaired) electrons. The lowest BCUT2D eigenvalue weighted by molar-refractivity contribution is -0.120. The Labute approximate surface area is 86.7 Å². The summed E-state index contributed by atoms with van der Waals surface area (Å²) in [4.78, 5) is 12.7.